The minimum Gasteiger partial charge on any atom is -0.497 e. The predicted octanol–water partition coefficient (Wildman–Crippen LogP) is 3.93. The Morgan fingerprint density at radius 3 is 2.41 bits per heavy atom. The molecule has 1 aromatic heterocycles. The predicted molar refractivity (Wildman–Crippen MR) is 97.1 cm³/mol. The van der Waals surface area contributed by atoms with Crippen LogP contribution in [0.25, 0.3) is 11.3 Å². The van der Waals surface area contributed by atoms with Crippen LogP contribution in [0.1, 0.15) is 10.4 Å². The van der Waals surface area contributed by atoms with Gasteiger partial charge in [0.2, 0.25) is 5.88 Å². The van der Waals surface area contributed by atoms with Gasteiger partial charge < -0.3 is 9.47 Å². The summed E-state index contributed by atoms with van der Waals surface area (Å²) in [7, 11) is 1.58. The number of nitro groups is 1. The third-order valence-electron chi connectivity index (χ3n) is 3.60. The summed E-state index contributed by atoms with van der Waals surface area (Å²) in [5, 5.41) is 18.7. The van der Waals surface area contributed by atoms with Crippen molar-refractivity contribution in [2.75, 3.05) is 7.11 Å². The topological polar surface area (TPSA) is 104 Å². The van der Waals surface area contributed by atoms with Gasteiger partial charge >= 0.3 is 5.97 Å². The van der Waals surface area contributed by atoms with Crippen molar-refractivity contribution in [3.63, 3.8) is 0 Å². The lowest BCUT2D eigenvalue weighted by Gasteiger charge is -2.05. The van der Waals surface area contributed by atoms with Crippen LogP contribution in [0, 0.1) is 10.1 Å². The number of ether oxygens (including phenoxy) is 2. The van der Waals surface area contributed by atoms with Gasteiger partial charge in [-0.25, -0.2) is 4.79 Å². The minimum atomic E-state index is -0.804. The number of methoxy groups -OCH3 is 1. The van der Waals surface area contributed by atoms with Crippen LogP contribution in [0.15, 0.2) is 54.6 Å². The monoisotopic (exact) mass is 385 g/mol. The van der Waals surface area contributed by atoms with Crippen molar-refractivity contribution in [1.82, 2.24) is 10.2 Å². The number of aromatic nitrogens is 2. The molecule has 136 valence electrons. The Kier molecular flexibility index (Phi) is 5.28. The molecule has 27 heavy (non-hydrogen) atoms. The zero-order valence-corrected chi connectivity index (χ0v) is 14.7. The molecule has 0 unspecified atom stereocenters. The van der Waals surface area contributed by atoms with E-state index in [1.165, 1.54) is 18.2 Å². The standard InChI is InChI=1S/C18H12ClN3O5/c1-26-13-5-2-11(3-6-13)15-8-9-17(21-20-15)27-18(23)12-4-7-14(19)16(10-12)22(24)25/h2-10H,1H3. The zero-order valence-electron chi connectivity index (χ0n) is 14.0. The summed E-state index contributed by atoms with van der Waals surface area (Å²) in [6.07, 6.45) is 0. The summed E-state index contributed by atoms with van der Waals surface area (Å²) in [5.74, 6) is -0.120. The summed E-state index contributed by atoms with van der Waals surface area (Å²) < 4.78 is 10.2. The Bertz CT molecular complexity index is 991. The Morgan fingerprint density at radius 1 is 1.07 bits per heavy atom. The van der Waals surface area contributed by atoms with E-state index in [2.05, 4.69) is 10.2 Å². The number of halogens is 1. The van der Waals surface area contributed by atoms with E-state index in [1.54, 1.807) is 25.3 Å². The van der Waals surface area contributed by atoms with Crippen molar-refractivity contribution in [2.24, 2.45) is 0 Å². The van der Waals surface area contributed by atoms with Gasteiger partial charge in [-0.15, -0.1) is 10.2 Å². The second-order valence-corrected chi connectivity index (χ2v) is 5.71. The van der Waals surface area contributed by atoms with Crippen LogP contribution in [0.2, 0.25) is 5.02 Å². The third-order valence-corrected chi connectivity index (χ3v) is 3.92. The maximum absolute atomic E-state index is 12.2. The van der Waals surface area contributed by atoms with Gasteiger partial charge in [0.1, 0.15) is 10.8 Å². The highest BCUT2D eigenvalue weighted by atomic mass is 35.5. The van der Waals surface area contributed by atoms with E-state index in [4.69, 9.17) is 21.1 Å². The molecule has 0 spiro atoms. The van der Waals surface area contributed by atoms with Crippen molar-refractivity contribution in [3.8, 4) is 22.9 Å². The van der Waals surface area contributed by atoms with Gasteiger partial charge in [0, 0.05) is 17.7 Å². The number of esters is 1. The third kappa shape index (κ3) is 4.18. The zero-order chi connectivity index (χ0) is 19.4. The van der Waals surface area contributed by atoms with Gasteiger partial charge in [-0.1, -0.05) is 11.6 Å². The molecule has 2 aromatic carbocycles. The summed E-state index contributed by atoms with van der Waals surface area (Å²) in [6.45, 7) is 0. The Balaban J connectivity index is 1.75. The molecular weight excluding hydrogens is 374 g/mol. The number of carbonyl (C=O) groups is 1. The molecule has 9 heteroatoms. The fraction of sp³-hybridized carbons (Fsp3) is 0.0556. The largest absolute Gasteiger partial charge is 0.497 e. The van der Waals surface area contributed by atoms with Crippen molar-refractivity contribution in [2.45, 2.75) is 0 Å². The summed E-state index contributed by atoms with van der Waals surface area (Å²) in [4.78, 5) is 22.4. The quantitative estimate of drug-likeness (QED) is 0.372. The van der Waals surface area contributed by atoms with Crippen LogP contribution in [0.4, 0.5) is 5.69 Å². The first kappa shape index (κ1) is 18.3. The lowest BCUT2D eigenvalue weighted by molar-refractivity contribution is -0.384. The van der Waals surface area contributed by atoms with Crippen molar-refractivity contribution in [1.29, 1.82) is 0 Å². The van der Waals surface area contributed by atoms with E-state index < -0.39 is 10.9 Å². The van der Waals surface area contributed by atoms with E-state index in [9.17, 15) is 14.9 Å². The number of nitrogens with zero attached hydrogens (tertiary/aromatic N) is 3. The normalized spacial score (nSPS) is 10.3. The highest BCUT2D eigenvalue weighted by Crippen LogP contribution is 2.26. The maximum Gasteiger partial charge on any atom is 0.345 e. The van der Waals surface area contributed by atoms with Gasteiger partial charge in [0.05, 0.1) is 23.3 Å². The molecule has 0 amide bonds. The molecule has 0 fully saturated rings. The van der Waals surface area contributed by atoms with Crippen LogP contribution < -0.4 is 9.47 Å². The average Bonchev–Trinajstić information content (AvgIpc) is 2.68. The molecule has 0 saturated carbocycles. The van der Waals surface area contributed by atoms with E-state index >= 15 is 0 Å². The van der Waals surface area contributed by atoms with Gasteiger partial charge in [-0.3, -0.25) is 10.1 Å². The highest BCUT2D eigenvalue weighted by Gasteiger charge is 2.18. The van der Waals surface area contributed by atoms with E-state index in [0.29, 0.717) is 11.4 Å². The number of carbonyl (C=O) groups excluding carboxylic acids is 1. The molecule has 0 bridgehead atoms. The molecule has 3 rings (SSSR count). The molecule has 3 aromatic rings. The van der Waals surface area contributed by atoms with Gasteiger partial charge in [-0.2, -0.15) is 0 Å². The Hall–Kier alpha value is -3.52. The van der Waals surface area contributed by atoms with Crippen LogP contribution in [-0.4, -0.2) is 28.2 Å². The fourth-order valence-corrected chi connectivity index (χ4v) is 2.41. The van der Waals surface area contributed by atoms with Crippen LogP contribution in [-0.2, 0) is 0 Å². The molecule has 0 saturated heterocycles. The van der Waals surface area contributed by atoms with Crippen molar-refractivity contribution < 1.29 is 19.2 Å². The molecule has 0 aliphatic carbocycles. The number of hydrogen-bond donors (Lipinski definition) is 0. The number of rotatable bonds is 5. The fourth-order valence-electron chi connectivity index (χ4n) is 2.22. The lowest BCUT2D eigenvalue weighted by atomic mass is 10.1. The Morgan fingerprint density at radius 2 is 1.81 bits per heavy atom. The van der Waals surface area contributed by atoms with Crippen molar-refractivity contribution in [3.05, 3.63) is 75.3 Å². The van der Waals surface area contributed by atoms with Gasteiger partial charge in [0.15, 0.2) is 0 Å². The van der Waals surface area contributed by atoms with Crippen LogP contribution in [0.3, 0.4) is 0 Å². The van der Waals surface area contributed by atoms with Gasteiger partial charge in [-0.05, 0) is 42.5 Å². The number of nitro benzene ring substituents is 1. The smallest absolute Gasteiger partial charge is 0.345 e. The molecule has 0 N–H and O–H groups in total. The second kappa shape index (κ2) is 7.79. The summed E-state index contributed by atoms with van der Waals surface area (Å²) in [6, 6.07) is 14.0. The molecule has 0 radical (unpaired) electrons. The molecule has 0 atom stereocenters. The molecule has 0 aliphatic rings. The molecule has 1 heterocycles. The second-order valence-electron chi connectivity index (χ2n) is 5.30. The number of benzene rings is 2. The first-order valence-electron chi connectivity index (χ1n) is 7.62. The minimum absolute atomic E-state index is 0.0212. The van der Waals surface area contributed by atoms with Crippen molar-refractivity contribution >= 4 is 23.3 Å². The molecular formula is C18H12ClN3O5. The van der Waals surface area contributed by atoms with Gasteiger partial charge in [0.25, 0.3) is 5.69 Å². The SMILES string of the molecule is COc1ccc(-c2ccc(OC(=O)c3ccc(Cl)c([N+](=O)[O-])c3)nn2)cc1. The van der Waals surface area contributed by atoms with E-state index in [0.717, 1.165) is 11.6 Å². The maximum atomic E-state index is 12.2. The summed E-state index contributed by atoms with van der Waals surface area (Å²) >= 11 is 5.73. The lowest BCUT2D eigenvalue weighted by Crippen LogP contribution is -2.10. The molecule has 0 aliphatic heterocycles. The Labute approximate surface area is 158 Å². The molecule has 8 nitrogen and oxygen atoms in total. The first-order valence-corrected chi connectivity index (χ1v) is 8.00. The highest BCUT2D eigenvalue weighted by molar-refractivity contribution is 6.32. The van der Waals surface area contributed by atoms with Crippen LogP contribution in [0.5, 0.6) is 11.6 Å². The first-order chi connectivity index (χ1) is 13.0. The van der Waals surface area contributed by atoms with E-state index in [1.807, 2.05) is 12.1 Å². The number of hydrogen-bond acceptors (Lipinski definition) is 7. The van der Waals surface area contributed by atoms with E-state index in [-0.39, 0.29) is 22.2 Å². The average molecular weight is 386 g/mol. The van der Waals surface area contributed by atoms with Crippen LogP contribution >= 0.6 is 11.6 Å². The summed E-state index contributed by atoms with van der Waals surface area (Å²) in [5.41, 5.74) is 0.994.